The molecule has 0 aliphatic rings. The number of carbonyl (C=O) groups excluding carboxylic acids is 2. The summed E-state index contributed by atoms with van der Waals surface area (Å²) in [7, 11) is 0. The molecular weight excluding hydrogens is 565 g/mol. The number of nitrogens with zero attached hydrogens (tertiary/aromatic N) is 2. The first-order valence-corrected chi connectivity index (χ1v) is 12.7. The van der Waals surface area contributed by atoms with Gasteiger partial charge in [0, 0.05) is 21.8 Å². The Morgan fingerprint density at radius 2 is 1.83 bits per heavy atom. The first-order chi connectivity index (χ1) is 19.2. The Morgan fingerprint density at radius 3 is 2.51 bits per heavy atom. The number of nitrogens with two attached hydrogens (primary N) is 1. The van der Waals surface area contributed by atoms with Crippen LogP contribution in [0.25, 0.3) is 22.4 Å². The Kier molecular flexibility index (Phi) is 10.3. The number of para-hydroxylation sites is 1. The minimum atomic E-state index is -0.722. The second-order valence-corrected chi connectivity index (χ2v) is 9.23. The number of aromatic nitrogens is 1. The van der Waals surface area contributed by atoms with Gasteiger partial charge in [-0.15, -0.1) is 12.4 Å². The summed E-state index contributed by atoms with van der Waals surface area (Å²) in [5.74, 6) is -0.682. The van der Waals surface area contributed by atoms with Gasteiger partial charge in [0.05, 0.1) is 23.9 Å². The highest BCUT2D eigenvalue weighted by Crippen LogP contribution is 2.37. The third-order valence-corrected chi connectivity index (χ3v) is 6.12. The van der Waals surface area contributed by atoms with E-state index in [1.165, 1.54) is 6.07 Å². The Bertz CT molecular complexity index is 1640. The molecule has 0 fully saturated rings. The van der Waals surface area contributed by atoms with Crippen LogP contribution in [0.1, 0.15) is 29.8 Å². The van der Waals surface area contributed by atoms with Crippen LogP contribution < -0.4 is 21.1 Å². The largest absolute Gasteiger partial charge is 0.507 e. The number of rotatable bonds is 8. The monoisotopic (exact) mass is 591 g/mol. The van der Waals surface area contributed by atoms with Crippen molar-refractivity contribution in [2.24, 2.45) is 5.73 Å². The van der Waals surface area contributed by atoms with Crippen LogP contribution in [-0.2, 0) is 4.79 Å². The van der Waals surface area contributed by atoms with Crippen molar-refractivity contribution < 1.29 is 19.4 Å². The molecule has 5 N–H and O–H groups in total. The van der Waals surface area contributed by atoms with Crippen LogP contribution in [-0.4, -0.2) is 34.6 Å². The van der Waals surface area contributed by atoms with Crippen molar-refractivity contribution in [3.05, 3.63) is 88.9 Å². The standard InChI is InChI=1S/C30H26ClN5O4.ClH/c1-3-40-27-10-5-4-9-22(27)30(39)36-28-24(16-32)23(15-25(35-28)21-12-11-19(31)14-26(21)37)18-7-6-8-20(13-18)34-29(38)17(2)33;/h4-15,17,37H,3,33H2,1-2H3,(H,34,38)(H,35,36,39);1H. The highest BCUT2D eigenvalue weighted by Gasteiger charge is 2.21. The third-order valence-electron chi connectivity index (χ3n) is 5.89. The lowest BCUT2D eigenvalue weighted by atomic mass is 9.97. The van der Waals surface area contributed by atoms with Gasteiger partial charge in [0.2, 0.25) is 5.91 Å². The number of pyridine rings is 1. The van der Waals surface area contributed by atoms with Crippen LogP contribution in [0, 0.1) is 11.3 Å². The quantitative estimate of drug-likeness (QED) is 0.196. The molecule has 41 heavy (non-hydrogen) atoms. The van der Waals surface area contributed by atoms with E-state index in [4.69, 9.17) is 22.1 Å². The van der Waals surface area contributed by atoms with E-state index in [-0.39, 0.29) is 46.7 Å². The molecule has 0 aliphatic heterocycles. The van der Waals surface area contributed by atoms with Crippen LogP contribution in [0.3, 0.4) is 0 Å². The number of phenols is 1. The molecule has 1 atom stereocenters. The molecule has 0 spiro atoms. The fourth-order valence-corrected chi connectivity index (χ4v) is 4.13. The van der Waals surface area contributed by atoms with E-state index in [2.05, 4.69) is 21.7 Å². The Morgan fingerprint density at radius 1 is 1.07 bits per heavy atom. The number of ether oxygens (including phenoxy) is 1. The average molecular weight is 592 g/mol. The molecule has 1 aromatic heterocycles. The van der Waals surface area contributed by atoms with Crippen LogP contribution in [0.5, 0.6) is 11.5 Å². The third kappa shape index (κ3) is 7.13. The van der Waals surface area contributed by atoms with Gasteiger partial charge >= 0.3 is 0 Å². The number of hydrogen-bond donors (Lipinski definition) is 4. The SMILES string of the molecule is CCOc1ccccc1C(=O)Nc1nc(-c2ccc(Cl)cc2O)cc(-c2cccc(NC(=O)C(C)N)c2)c1C#N.Cl. The number of nitriles is 1. The summed E-state index contributed by atoms with van der Waals surface area (Å²) >= 11 is 6.03. The van der Waals surface area contributed by atoms with E-state index < -0.39 is 11.9 Å². The normalized spacial score (nSPS) is 11.0. The number of anilines is 2. The maximum atomic E-state index is 13.4. The molecule has 0 aliphatic carbocycles. The number of aromatic hydroxyl groups is 1. The molecular formula is C30H27Cl2N5O4. The molecule has 3 aromatic carbocycles. The van der Waals surface area contributed by atoms with Crippen molar-refractivity contribution in [3.63, 3.8) is 0 Å². The predicted molar refractivity (Wildman–Crippen MR) is 162 cm³/mol. The van der Waals surface area contributed by atoms with Crippen molar-refractivity contribution in [2.45, 2.75) is 19.9 Å². The van der Waals surface area contributed by atoms with Gasteiger partial charge in [0.1, 0.15) is 23.1 Å². The Balaban J connectivity index is 0.00000462. The fourth-order valence-electron chi connectivity index (χ4n) is 3.97. The zero-order valence-electron chi connectivity index (χ0n) is 22.1. The molecule has 0 radical (unpaired) electrons. The molecule has 9 nitrogen and oxygen atoms in total. The van der Waals surface area contributed by atoms with Crippen LogP contribution in [0.2, 0.25) is 5.02 Å². The molecule has 0 saturated heterocycles. The summed E-state index contributed by atoms with van der Waals surface area (Å²) < 4.78 is 5.59. The second-order valence-electron chi connectivity index (χ2n) is 8.79. The summed E-state index contributed by atoms with van der Waals surface area (Å²) in [6.07, 6.45) is 0. The van der Waals surface area contributed by atoms with Gasteiger partial charge < -0.3 is 26.2 Å². The van der Waals surface area contributed by atoms with E-state index >= 15 is 0 Å². The second kappa shape index (κ2) is 13.6. The van der Waals surface area contributed by atoms with Crippen molar-refractivity contribution in [1.29, 1.82) is 5.26 Å². The van der Waals surface area contributed by atoms with Gasteiger partial charge in [-0.05, 0) is 67.9 Å². The minimum Gasteiger partial charge on any atom is -0.507 e. The molecule has 0 bridgehead atoms. The first-order valence-electron chi connectivity index (χ1n) is 12.4. The number of hydrogen-bond acceptors (Lipinski definition) is 7. The van der Waals surface area contributed by atoms with E-state index in [0.29, 0.717) is 39.8 Å². The summed E-state index contributed by atoms with van der Waals surface area (Å²) in [6, 6.07) is 21.2. The highest BCUT2D eigenvalue weighted by molar-refractivity contribution is 6.30. The number of halogens is 2. The zero-order chi connectivity index (χ0) is 28.8. The summed E-state index contributed by atoms with van der Waals surface area (Å²) in [5.41, 5.74) is 8.07. The average Bonchev–Trinajstić information content (AvgIpc) is 2.93. The Hall–Kier alpha value is -4.62. The van der Waals surface area contributed by atoms with E-state index in [1.54, 1.807) is 73.7 Å². The fraction of sp³-hybridized carbons (Fsp3) is 0.133. The van der Waals surface area contributed by atoms with Gasteiger partial charge in [0.25, 0.3) is 5.91 Å². The topological polar surface area (TPSA) is 150 Å². The van der Waals surface area contributed by atoms with Crippen molar-refractivity contribution in [2.75, 3.05) is 17.2 Å². The molecule has 0 saturated carbocycles. The summed E-state index contributed by atoms with van der Waals surface area (Å²) in [4.78, 5) is 30.1. The molecule has 1 unspecified atom stereocenters. The van der Waals surface area contributed by atoms with Gasteiger partial charge in [-0.25, -0.2) is 4.98 Å². The van der Waals surface area contributed by atoms with Crippen molar-refractivity contribution >= 4 is 47.3 Å². The zero-order valence-corrected chi connectivity index (χ0v) is 23.7. The molecule has 4 rings (SSSR count). The van der Waals surface area contributed by atoms with E-state index in [1.807, 2.05) is 6.92 Å². The van der Waals surface area contributed by atoms with Gasteiger partial charge in [-0.2, -0.15) is 5.26 Å². The highest BCUT2D eigenvalue weighted by atomic mass is 35.5. The number of benzene rings is 3. The smallest absolute Gasteiger partial charge is 0.260 e. The molecule has 11 heteroatoms. The summed E-state index contributed by atoms with van der Waals surface area (Å²) in [6.45, 7) is 3.74. The lowest BCUT2D eigenvalue weighted by molar-refractivity contribution is -0.117. The van der Waals surface area contributed by atoms with Gasteiger partial charge in [-0.3, -0.25) is 9.59 Å². The molecule has 4 aromatic rings. The Labute approximate surface area is 248 Å². The lowest BCUT2D eigenvalue weighted by Crippen LogP contribution is -2.32. The first kappa shape index (κ1) is 30.9. The molecule has 2 amide bonds. The maximum Gasteiger partial charge on any atom is 0.260 e. The maximum absolute atomic E-state index is 13.4. The van der Waals surface area contributed by atoms with Gasteiger partial charge in [0.15, 0.2) is 5.82 Å². The minimum absolute atomic E-state index is 0. The molecule has 210 valence electrons. The number of amides is 2. The van der Waals surface area contributed by atoms with Crippen molar-refractivity contribution in [1.82, 2.24) is 4.98 Å². The number of nitrogens with one attached hydrogen (secondary N) is 2. The number of phenolic OH excluding ortho intramolecular Hbond substituents is 1. The van der Waals surface area contributed by atoms with Crippen molar-refractivity contribution in [3.8, 4) is 40.0 Å². The molecule has 1 heterocycles. The number of carbonyl (C=O) groups is 2. The van der Waals surface area contributed by atoms with Crippen LogP contribution >= 0.6 is 24.0 Å². The van der Waals surface area contributed by atoms with Crippen LogP contribution in [0.4, 0.5) is 11.5 Å². The van der Waals surface area contributed by atoms with E-state index in [0.717, 1.165) is 0 Å². The predicted octanol–water partition coefficient (Wildman–Crippen LogP) is 6.00. The van der Waals surface area contributed by atoms with Crippen LogP contribution in [0.15, 0.2) is 72.8 Å². The van der Waals surface area contributed by atoms with Gasteiger partial charge in [-0.1, -0.05) is 35.9 Å². The van der Waals surface area contributed by atoms with E-state index in [9.17, 15) is 20.0 Å². The lowest BCUT2D eigenvalue weighted by Gasteiger charge is -2.16. The summed E-state index contributed by atoms with van der Waals surface area (Å²) in [5, 5.41) is 26.6.